The van der Waals surface area contributed by atoms with Crippen molar-refractivity contribution >= 4 is 35.1 Å². The highest BCUT2D eigenvalue weighted by Gasteiger charge is 2.21. The number of carbonyl (C=O) groups is 2. The third-order valence-corrected chi connectivity index (χ3v) is 4.92. The summed E-state index contributed by atoms with van der Waals surface area (Å²) in [5.41, 5.74) is 5.27. The molecule has 0 radical (unpaired) electrons. The number of rotatable bonds is 5. The summed E-state index contributed by atoms with van der Waals surface area (Å²) in [4.78, 5) is 27.0. The lowest BCUT2D eigenvalue weighted by Crippen LogP contribution is -2.51. The maximum Gasteiger partial charge on any atom is 0.339 e. The Bertz CT molecular complexity index is 1020. The van der Waals surface area contributed by atoms with Crippen molar-refractivity contribution in [2.45, 2.75) is 26.0 Å². The van der Waals surface area contributed by atoms with Gasteiger partial charge in [-0.15, -0.1) is 0 Å². The number of pyridine rings is 1. The van der Waals surface area contributed by atoms with Gasteiger partial charge >= 0.3 is 5.97 Å². The van der Waals surface area contributed by atoms with Crippen LogP contribution in [-0.2, 0) is 4.74 Å². The van der Waals surface area contributed by atoms with Crippen molar-refractivity contribution in [3.63, 3.8) is 0 Å². The van der Waals surface area contributed by atoms with Crippen molar-refractivity contribution < 1.29 is 25.2 Å². The Morgan fingerprint density at radius 3 is 1.94 bits per heavy atom. The van der Waals surface area contributed by atoms with Gasteiger partial charge in [0.2, 0.25) is 0 Å². The van der Waals surface area contributed by atoms with E-state index in [4.69, 9.17) is 27.9 Å². The molecule has 0 unspecified atom stereocenters. The van der Waals surface area contributed by atoms with E-state index in [1.54, 1.807) is 6.92 Å². The quantitative estimate of drug-likeness (QED) is 0.584. The molecule has 0 aliphatic carbocycles. The van der Waals surface area contributed by atoms with Crippen molar-refractivity contribution in [1.82, 2.24) is 4.98 Å². The van der Waals surface area contributed by atoms with E-state index in [-0.39, 0.29) is 21.2 Å². The van der Waals surface area contributed by atoms with Crippen LogP contribution in [0.5, 0.6) is 0 Å². The minimum atomic E-state index is -1.46. The van der Waals surface area contributed by atoms with Crippen molar-refractivity contribution in [2.24, 2.45) is 0 Å². The van der Waals surface area contributed by atoms with E-state index < -0.39 is 18.0 Å². The van der Waals surface area contributed by atoms with Gasteiger partial charge in [-0.1, -0.05) is 71.7 Å². The van der Waals surface area contributed by atoms with Crippen LogP contribution in [0, 0.1) is 0 Å². The number of hydrogen-bond acceptors (Lipinski definition) is 5. The zero-order valence-corrected chi connectivity index (χ0v) is 18.6. The molecule has 2 aromatic carbocycles. The Hall–Kier alpha value is -2.93. The fourth-order valence-corrected chi connectivity index (χ4v) is 3.39. The highest BCUT2D eigenvalue weighted by molar-refractivity contribution is 6.35. The molecule has 31 heavy (non-hydrogen) atoms. The van der Waals surface area contributed by atoms with Crippen LogP contribution < -0.4 is 10.8 Å². The molecule has 3 rings (SSSR count). The number of carboxylic acids is 1. The van der Waals surface area contributed by atoms with Crippen LogP contribution in [0.2, 0.25) is 10.0 Å². The van der Waals surface area contributed by atoms with Crippen molar-refractivity contribution in [3.8, 4) is 0 Å². The number of esters is 1. The van der Waals surface area contributed by atoms with Gasteiger partial charge in [0, 0.05) is 29.1 Å². The lowest BCUT2D eigenvalue weighted by atomic mass is 10.1. The molecule has 1 heterocycles. The second kappa shape index (κ2) is 11.5. The number of ether oxygens (including phenoxy) is 1. The number of halogens is 2. The molecule has 6 nitrogen and oxygen atoms in total. The first-order valence-corrected chi connectivity index (χ1v) is 10.2. The monoisotopic (exact) mass is 460 g/mol. The molecule has 0 fully saturated rings. The summed E-state index contributed by atoms with van der Waals surface area (Å²) in [5.74, 6) is -2.27. The summed E-state index contributed by atoms with van der Waals surface area (Å²) < 4.78 is 5.25. The molecule has 0 amide bonds. The van der Waals surface area contributed by atoms with Gasteiger partial charge in [-0.3, -0.25) is 4.98 Å². The minimum absolute atomic E-state index is 0.101. The molecule has 3 aromatic rings. The van der Waals surface area contributed by atoms with E-state index in [2.05, 4.69) is 29.8 Å². The number of nitrogens with zero attached hydrogens (tertiary/aromatic N) is 1. The standard InChI is InChI=1S/C15H11Cl2NO4.C8H11N/c1-8(13-11(16)6-18-7-12(13)17)22-15(21)10-5-3-2-4-9(10)14(19)20;1-7(9)8-5-3-2-4-6-8/h2-8H,1H3,(H,19,20);2-7H,9H2,1H3/t8-;7-/m00/s1. The normalized spacial score (nSPS) is 12.2. The molecule has 0 aliphatic rings. The number of hydrogen-bond donors (Lipinski definition) is 1. The average Bonchev–Trinajstić information content (AvgIpc) is 2.74. The van der Waals surface area contributed by atoms with Crippen LogP contribution in [0.15, 0.2) is 67.0 Å². The molecule has 1 aromatic heterocycles. The summed E-state index contributed by atoms with van der Waals surface area (Å²) in [6, 6.07) is 16.3. The molecule has 0 saturated heterocycles. The maximum absolute atomic E-state index is 12.2. The summed E-state index contributed by atoms with van der Waals surface area (Å²) in [5, 5.41) is 11.5. The van der Waals surface area contributed by atoms with Gasteiger partial charge in [0.1, 0.15) is 12.1 Å². The molecule has 0 spiro atoms. The summed E-state index contributed by atoms with van der Waals surface area (Å²) in [6.45, 7) is 3.67. The van der Waals surface area contributed by atoms with Gasteiger partial charge in [0.15, 0.2) is 0 Å². The van der Waals surface area contributed by atoms with Gasteiger partial charge in [-0.25, -0.2) is 4.79 Å². The van der Waals surface area contributed by atoms with Gasteiger partial charge in [-0.2, -0.15) is 0 Å². The van der Waals surface area contributed by atoms with Gasteiger partial charge in [0.05, 0.1) is 21.6 Å². The first kappa shape index (κ1) is 24.3. The Balaban J connectivity index is 0.000000316. The molecule has 162 valence electrons. The fraction of sp³-hybridized carbons (Fsp3) is 0.174. The van der Waals surface area contributed by atoms with Crippen molar-refractivity contribution in [3.05, 3.63) is 99.3 Å². The molecule has 2 atom stereocenters. The van der Waals surface area contributed by atoms with Crippen LogP contribution in [0.25, 0.3) is 0 Å². The summed E-state index contributed by atoms with van der Waals surface area (Å²) >= 11 is 12.0. The molecule has 0 saturated carbocycles. The number of benzene rings is 2. The minimum Gasteiger partial charge on any atom is -0.545 e. The van der Waals surface area contributed by atoms with Crippen LogP contribution in [0.3, 0.4) is 0 Å². The average molecular weight is 461 g/mol. The SMILES string of the molecule is C[C@H](OC(=O)c1ccccc1C(=O)[O-])c1c(Cl)cncc1Cl.C[C@H]([NH3+])c1ccccc1. The Kier molecular flexibility index (Phi) is 9.00. The zero-order valence-electron chi connectivity index (χ0n) is 17.0. The topological polar surface area (TPSA) is 107 Å². The van der Waals surface area contributed by atoms with E-state index in [0.29, 0.717) is 11.6 Å². The smallest absolute Gasteiger partial charge is 0.339 e. The predicted octanol–water partition coefficient (Wildman–Crippen LogP) is 3.66. The van der Waals surface area contributed by atoms with Crippen LogP contribution in [-0.4, -0.2) is 16.9 Å². The predicted molar refractivity (Wildman–Crippen MR) is 117 cm³/mol. The maximum atomic E-state index is 12.2. The number of carboxylic acid groups (broad SMARTS) is 1. The van der Waals surface area contributed by atoms with E-state index in [1.807, 2.05) is 18.2 Å². The highest BCUT2D eigenvalue weighted by atomic mass is 35.5. The Morgan fingerprint density at radius 1 is 0.935 bits per heavy atom. The Labute approximate surface area is 190 Å². The molecule has 0 bridgehead atoms. The molecule has 3 N–H and O–H groups in total. The highest BCUT2D eigenvalue weighted by Crippen LogP contribution is 2.31. The summed E-state index contributed by atoms with van der Waals surface area (Å²) in [6.07, 6.45) is 1.98. The van der Waals surface area contributed by atoms with Crippen molar-refractivity contribution in [2.75, 3.05) is 0 Å². The summed E-state index contributed by atoms with van der Waals surface area (Å²) in [7, 11) is 0. The van der Waals surface area contributed by atoms with Gasteiger partial charge in [0.25, 0.3) is 0 Å². The van der Waals surface area contributed by atoms with E-state index in [0.717, 1.165) is 0 Å². The molecule has 8 heteroatoms. The number of aromatic nitrogens is 1. The fourth-order valence-electron chi connectivity index (χ4n) is 2.71. The van der Waals surface area contributed by atoms with E-state index >= 15 is 0 Å². The molecular formula is C23H22Cl2N2O4. The third-order valence-electron chi connectivity index (χ3n) is 4.32. The zero-order chi connectivity index (χ0) is 23.0. The van der Waals surface area contributed by atoms with Crippen LogP contribution >= 0.6 is 23.2 Å². The number of quaternary nitrogens is 1. The molecular weight excluding hydrogens is 439 g/mol. The lowest BCUT2D eigenvalue weighted by Gasteiger charge is -2.17. The van der Waals surface area contributed by atoms with Gasteiger partial charge in [-0.05, 0) is 19.9 Å². The first-order chi connectivity index (χ1) is 14.7. The Morgan fingerprint density at radius 2 is 1.45 bits per heavy atom. The van der Waals surface area contributed by atoms with E-state index in [9.17, 15) is 14.7 Å². The first-order valence-electron chi connectivity index (χ1n) is 9.40. The number of carbonyl (C=O) groups excluding carboxylic acids is 2. The van der Waals surface area contributed by atoms with Crippen molar-refractivity contribution in [1.29, 1.82) is 0 Å². The van der Waals surface area contributed by atoms with E-state index in [1.165, 1.54) is 42.2 Å². The van der Waals surface area contributed by atoms with Crippen LogP contribution in [0.4, 0.5) is 0 Å². The second-order valence-corrected chi connectivity index (χ2v) is 7.52. The lowest BCUT2D eigenvalue weighted by molar-refractivity contribution is -0.420. The van der Waals surface area contributed by atoms with Crippen LogP contribution in [0.1, 0.15) is 57.8 Å². The number of aromatic carboxylic acids is 1. The van der Waals surface area contributed by atoms with Gasteiger partial charge < -0.3 is 20.4 Å². The molecule has 0 aliphatic heterocycles. The second-order valence-electron chi connectivity index (χ2n) is 6.71. The third kappa shape index (κ3) is 6.79. The largest absolute Gasteiger partial charge is 0.545 e.